The van der Waals surface area contributed by atoms with E-state index in [2.05, 4.69) is 218 Å². The van der Waals surface area contributed by atoms with Crippen LogP contribution < -0.4 is 15.1 Å². The lowest BCUT2D eigenvalue weighted by atomic mass is 10.0. The average Bonchev–Trinajstić information content (AvgIpc) is 3.31. The molecule has 0 saturated heterocycles. The van der Waals surface area contributed by atoms with E-state index >= 15 is 0 Å². The van der Waals surface area contributed by atoms with Gasteiger partial charge in [-0.05, 0) is 139 Å². The van der Waals surface area contributed by atoms with Crippen molar-refractivity contribution in [2.45, 2.75) is 34.6 Å². The zero-order chi connectivity index (χ0) is 42.5. The molecule has 0 fully saturated rings. The zero-order valence-electron chi connectivity index (χ0n) is 35.7. The highest BCUT2D eigenvalue weighted by Crippen LogP contribution is 2.36. The van der Waals surface area contributed by atoms with Crippen LogP contribution in [0, 0.1) is 0 Å². The van der Waals surface area contributed by atoms with Gasteiger partial charge in [-0.2, -0.15) is 0 Å². The van der Waals surface area contributed by atoms with Crippen molar-refractivity contribution in [3.63, 3.8) is 0 Å². The van der Waals surface area contributed by atoms with Gasteiger partial charge in [0.05, 0.1) is 0 Å². The minimum atomic E-state index is 0.831. The number of allylic oxidation sites excluding steroid dienone is 12. The second kappa shape index (κ2) is 23.1. The highest BCUT2D eigenvalue weighted by Gasteiger charge is 2.14. The second-order valence-electron chi connectivity index (χ2n) is 13.6. The molecule has 6 aromatic rings. The van der Waals surface area contributed by atoms with Crippen LogP contribution in [0.15, 0.2) is 255 Å². The molecule has 0 aliphatic heterocycles. The number of anilines is 6. The molecule has 6 aromatic carbocycles. The van der Waals surface area contributed by atoms with E-state index in [0.29, 0.717) is 0 Å². The van der Waals surface area contributed by atoms with Crippen LogP contribution in [0.5, 0.6) is 0 Å². The fourth-order valence-electron chi connectivity index (χ4n) is 6.60. The van der Waals surface area contributed by atoms with E-state index in [4.69, 9.17) is 0 Å². The van der Waals surface area contributed by atoms with Crippen LogP contribution in [0.1, 0.15) is 40.2 Å². The lowest BCUT2D eigenvalue weighted by molar-refractivity contribution is 1.20. The summed E-state index contributed by atoms with van der Waals surface area (Å²) in [6, 6.07) is 57.2. The SMILES string of the molecule is C=C(/C=C\C=C/Nc1ccc(N(c2ccccc2)c2ccc(C(/C=C\C)=C/C)cc2)cc1)C(=C)/C=C\C(=C/C)N(c1ccccc1)c1ccc(-c2ccccc2)cc1.CC. The van der Waals surface area contributed by atoms with Gasteiger partial charge in [0.15, 0.2) is 0 Å². The van der Waals surface area contributed by atoms with E-state index in [1.165, 1.54) is 22.3 Å². The topological polar surface area (TPSA) is 18.5 Å². The summed E-state index contributed by atoms with van der Waals surface area (Å²) in [4.78, 5) is 4.52. The maximum atomic E-state index is 4.31. The molecule has 0 radical (unpaired) electrons. The highest BCUT2D eigenvalue weighted by molar-refractivity contribution is 5.80. The van der Waals surface area contributed by atoms with Crippen molar-refractivity contribution in [2.75, 3.05) is 15.1 Å². The molecule has 3 nitrogen and oxygen atoms in total. The number of hydrogen-bond donors (Lipinski definition) is 1. The molecular weight excluding hydrogens is 727 g/mol. The fourth-order valence-corrected chi connectivity index (χ4v) is 6.60. The number of para-hydroxylation sites is 2. The molecular formula is C57H57N3. The molecule has 0 bridgehead atoms. The standard InChI is InChI=1S/C55H51N3.C2H6/c1-6-20-45(7-2)47-29-36-54(37-30-47)58(52-26-16-11-17-27-52)55-40-33-49(34-41-55)56-42-19-18-21-43(4)44(5)28-35-50(8-3)57(51-24-14-10-15-25-51)53-38-31-48(32-39-53)46-22-12-9-13-23-46;1-2/h6-42,56H,4-5H2,1-3H3;1-2H3/b20-6-,21-18-,35-28-,42-19-,45-7+,50-8+;. The summed E-state index contributed by atoms with van der Waals surface area (Å²) >= 11 is 0. The zero-order valence-corrected chi connectivity index (χ0v) is 35.7. The van der Waals surface area contributed by atoms with Crippen molar-refractivity contribution in [3.05, 3.63) is 260 Å². The first-order valence-electron chi connectivity index (χ1n) is 20.7. The third kappa shape index (κ3) is 11.8. The number of benzene rings is 6. The van der Waals surface area contributed by atoms with Gasteiger partial charge in [-0.15, -0.1) is 0 Å². The van der Waals surface area contributed by atoms with E-state index in [9.17, 15) is 0 Å². The molecule has 0 heterocycles. The molecule has 60 heavy (non-hydrogen) atoms. The molecule has 0 aliphatic carbocycles. The predicted octanol–water partition coefficient (Wildman–Crippen LogP) is 16.7. The van der Waals surface area contributed by atoms with Gasteiger partial charge in [0.2, 0.25) is 0 Å². The van der Waals surface area contributed by atoms with Gasteiger partial charge in [0, 0.05) is 46.0 Å². The first-order chi connectivity index (χ1) is 29.5. The Morgan fingerprint density at radius 2 is 0.950 bits per heavy atom. The summed E-state index contributed by atoms with van der Waals surface area (Å²) in [6.07, 6.45) is 20.4. The van der Waals surface area contributed by atoms with Crippen LogP contribution in [0.25, 0.3) is 16.7 Å². The normalized spacial score (nSPS) is 11.8. The third-order valence-electron chi connectivity index (χ3n) is 9.68. The maximum Gasteiger partial charge on any atom is 0.0463 e. The van der Waals surface area contributed by atoms with E-state index < -0.39 is 0 Å². The first-order valence-corrected chi connectivity index (χ1v) is 20.7. The van der Waals surface area contributed by atoms with Crippen LogP contribution in [0.2, 0.25) is 0 Å². The van der Waals surface area contributed by atoms with Gasteiger partial charge in [-0.25, -0.2) is 0 Å². The van der Waals surface area contributed by atoms with E-state index in [1.807, 2.05) is 69.5 Å². The molecule has 1 N–H and O–H groups in total. The Morgan fingerprint density at radius 1 is 0.467 bits per heavy atom. The summed E-state index contributed by atoms with van der Waals surface area (Å²) in [6.45, 7) is 18.8. The van der Waals surface area contributed by atoms with Crippen molar-refractivity contribution in [1.82, 2.24) is 0 Å². The predicted molar refractivity (Wildman–Crippen MR) is 264 cm³/mol. The Hall–Kier alpha value is -7.36. The van der Waals surface area contributed by atoms with Crippen LogP contribution in [0.4, 0.5) is 34.1 Å². The van der Waals surface area contributed by atoms with Crippen LogP contribution in [-0.2, 0) is 0 Å². The van der Waals surface area contributed by atoms with Gasteiger partial charge in [-0.1, -0.05) is 161 Å². The van der Waals surface area contributed by atoms with E-state index in [1.54, 1.807) is 0 Å². The largest absolute Gasteiger partial charge is 0.362 e. The lowest BCUT2D eigenvalue weighted by Crippen LogP contribution is -2.15. The highest BCUT2D eigenvalue weighted by atomic mass is 15.1. The molecule has 0 aliphatic rings. The number of hydrogen-bond acceptors (Lipinski definition) is 3. The second-order valence-corrected chi connectivity index (χ2v) is 13.6. The van der Waals surface area contributed by atoms with Crippen molar-refractivity contribution >= 4 is 39.7 Å². The number of nitrogens with one attached hydrogen (secondary N) is 1. The Bertz CT molecular complexity index is 2430. The molecule has 6 rings (SSSR count). The summed E-state index contributed by atoms with van der Waals surface area (Å²) in [5.41, 5.74) is 13.9. The van der Waals surface area contributed by atoms with Crippen LogP contribution in [0.3, 0.4) is 0 Å². The third-order valence-corrected chi connectivity index (χ3v) is 9.68. The quantitative estimate of drug-likeness (QED) is 0.0987. The number of nitrogens with zero attached hydrogens (tertiary/aromatic N) is 2. The minimum absolute atomic E-state index is 0.831. The van der Waals surface area contributed by atoms with Crippen molar-refractivity contribution < 1.29 is 0 Å². The Morgan fingerprint density at radius 3 is 1.52 bits per heavy atom. The van der Waals surface area contributed by atoms with Crippen LogP contribution >= 0.6 is 0 Å². The van der Waals surface area contributed by atoms with E-state index in [0.717, 1.165) is 51.0 Å². The van der Waals surface area contributed by atoms with Gasteiger partial charge in [0.1, 0.15) is 0 Å². The summed E-state index contributed by atoms with van der Waals surface area (Å²) in [5, 5.41) is 3.39. The maximum absolute atomic E-state index is 4.31. The Kier molecular flexibility index (Phi) is 16.9. The molecule has 3 heteroatoms. The monoisotopic (exact) mass is 783 g/mol. The number of rotatable bonds is 16. The summed E-state index contributed by atoms with van der Waals surface area (Å²) in [7, 11) is 0. The molecule has 0 unspecified atom stereocenters. The van der Waals surface area contributed by atoms with Gasteiger partial charge in [-0.3, -0.25) is 0 Å². The molecule has 0 spiro atoms. The summed E-state index contributed by atoms with van der Waals surface area (Å²) in [5.74, 6) is 0. The molecule has 300 valence electrons. The fraction of sp³-hybridized carbons (Fsp3) is 0.0877. The Balaban J connectivity index is 0.00000336. The molecule has 0 atom stereocenters. The van der Waals surface area contributed by atoms with Crippen molar-refractivity contribution in [1.29, 1.82) is 0 Å². The van der Waals surface area contributed by atoms with Gasteiger partial charge >= 0.3 is 0 Å². The molecule has 0 aromatic heterocycles. The average molecular weight is 784 g/mol. The van der Waals surface area contributed by atoms with Crippen LogP contribution in [-0.4, -0.2) is 0 Å². The van der Waals surface area contributed by atoms with Gasteiger partial charge in [0.25, 0.3) is 0 Å². The lowest BCUT2D eigenvalue weighted by Gasteiger charge is -2.26. The summed E-state index contributed by atoms with van der Waals surface area (Å²) < 4.78 is 0. The van der Waals surface area contributed by atoms with Crippen molar-refractivity contribution in [2.24, 2.45) is 0 Å². The smallest absolute Gasteiger partial charge is 0.0463 e. The molecule has 0 amide bonds. The minimum Gasteiger partial charge on any atom is -0.362 e. The van der Waals surface area contributed by atoms with E-state index in [-0.39, 0.29) is 0 Å². The Labute approximate surface area is 359 Å². The first kappa shape index (κ1) is 43.8. The van der Waals surface area contributed by atoms with Gasteiger partial charge < -0.3 is 15.1 Å². The molecule has 0 saturated carbocycles. The van der Waals surface area contributed by atoms with Crippen molar-refractivity contribution in [3.8, 4) is 11.1 Å².